The van der Waals surface area contributed by atoms with Gasteiger partial charge in [0.15, 0.2) is 0 Å². The Balaban J connectivity index is 1.37. The zero-order valence-corrected chi connectivity index (χ0v) is 23.3. The largest absolute Gasteiger partial charge is 0.394 e. The van der Waals surface area contributed by atoms with Crippen molar-refractivity contribution in [2.24, 2.45) is 0 Å². The van der Waals surface area contributed by atoms with Crippen molar-refractivity contribution in [1.29, 1.82) is 0 Å². The van der Waals surface area contributed by atoms with E-state index >= 15 is 0 Å². The van der Waals surface area contributed by atoms with Gasteiger partial charge < -0.3 is 15.7 Å². The molecule has 0 aliphatic heterocycles. The molecule has 3 N–H and O–H groups in total. The minimum atomic E-state index is -2.64. The molecular formula is C28H30ClF2N7O3. The Bertz CT molecular complexity index is 1630. The van der Waals surface area contributed by atoms with Crippen molar-refractivity contribution in [1.82, 2.24) is 29.5 Å². The number of aliphatic hydroxyl groups is 1. The van der Waals surface area contributed by atoms with Gasteiger partial charge >= 0.3 is 0 Å². The van der Waals surface area contributed by atoms with Crippen molar-refractivity contribution < 1.29 is 18.7 Å². The number of aromatic nitrogens is 5. The van der Waals surface area contributed by atoms with E-state index in [1.54, 1.807) is 19.2 Å². The van der Waals surface area contributed by atoms with Crippen molar-refractivity contribution in [3.8, 4) is 11.3 Å². The smallest absolute Gasteiger partial charge is 0.278 e. The number of hydrogen-bond donors (Lipinski definition) is 3. The van der Waals surface area contributed by atoms with Crippen LogP contribution in [-0.4, -0.2) is 53.7 Å². The number of nitrogens with zero attached hydrogens (tertiary/aromatic N) is 5. The maximum atomic E-state index is 13.5. The summed E-state index contributed by atoms with van der Waals surface area (Å²) < 4.78 is 29.6. The van der Waals surface area contributed by atoms with Crippen LogP contribution in [0, 0.1) is 6.92 Å². The highest BCUT2D eigenvalue weighted by atomic mass is 35.5. The van der Waals surface area contributed by atoms with E-state index in [1.165, 1.54) is 21.6 Å². The minimum Gasteiger partial charge on any atom is -0.394 e. The maximum Gasteiger partial charge on any atom is 0.278 e. The zero-order chi connectivity index (χ0) is 29.3. The lowest BCUT2D eigenvalue weighted by Crippen LogP contribution is -2.39. The summed E-state index contributed by atoms with van der Waals surface area (Å²) in [7, 11) is 0. The highest BCUT2D eigenvalue weighted by Gasteiger charge is 2.35. The Morgan fingerprint density at radius 3 is 2.73 bits per heavy atom. The molecule has 1 fully saturated rings. The van der Waals surface area contributed by atoms with Crippen molar-refractivity contribution in [3.05, 3.63) is 75.6 Å². The molecule has 3 aromatic heterocycles. The summed E-state index contributed by atoms with van der Waals surface area (Å²) in [6, 6.07) is 7.28. The lowest BCUT2D eigenvalue weighted by molar-refractivity contribution is -0.125. The number of alkyl halides is 2. The van der Waals surface area contributed by atoms with Crippen LogP contribution < -0.4 is 16.2 Å². The summed E-state index contributed by atoms with van der Waals surface area (Å²) in [4.78, 5) is 35.1. The van der Waals surface area contributed by atoms with Crippen LogP contribution in [0.2, 0.25) is 5.02 Å². The molecule has 13 heteroatoms. The van der Waals surface area contributed by atoms with Crippen LogP contribution in [0.4, 0.5) is 14.7 Å². The van der Waals surface area contributed by atoms with Crippen LogP contribution in [-0.2, 0) is 4.79 Å². The molecule has 3 heterocycles. The first-order chi connectivity index (χ1) is 19.5. The van der Waals surface area contributed by atoms with Gasteiger partial charge in [-0.25, -0.2) is 23.3 Å². The fourth-order valence-corrected chi connectivity index (χ4v) is 5.15. The fourth-order valence-electron chi connectivity index (χ4n) is 4.95. The summed E-state index contributed by atoms with van der Waals surface area (Å²) in [6.45, 7) is 3.19. The van der Waals surface area contributed by atoms with E-state index in [9.17, 15) is 23.5 Å². The number of rotatable bonds is 8. The van der Waals surface area contributed by atoms with E-state index in [0.717, 1.165) is 11.1 Å². The quantitative estimate of drug-likeness (QED) is 0.281. The average molecular weight is 586 g/mol. The highest BCUT2D eigenvalue weighted by Crippen LogP contribution is 2.34. The van der Waals surface area contributed by atoms with Gasteiger partial charge in [-0.1, -0.05) is 41.4 Å². The van der Waals surface area contributed by atoms with Crippen LogP contribution in [0.1, 0.15) is 55.8 Å². The van der Waals surface area contributed by atoms with Gasteiger partial charge in [0.05, 0.1) is 29.6 Å². The number of halogens is 3. The molecule has 1 aliphatic rings. The van der Waals surface area contributed by atoms with Gasteiger partial charge in [0, 0.05) is 30.6 Å². The van der Waals surface area contributed by atoms with Crippen LogP contribution in [0.3, 0.4) is 0 Å². The molecule has 1 aromatic carbocycles. The van der Waals surface area contributed by atoms with Crippen molar-refractivity contribution in [2.75, 3.05) is 11.9 Å². The van der Waals surface area contributed by atoms with Crippen molar-refractivity contribution >= 4 is 29.0 Å². The Kier molecular flexibility index (Phi) is 8.05. The molecule has 4 aromatic rings. The standard InChI is InChI=1S/C28H30ClF2N7O3/c1-16-4-3-5-18(10-16)22(14-39)35-25(40)17(2)37-15-33-38-13-19(11-23(38)26(37)41)24-21(29)12-32-27(36-24)34-20-6-8-28(30,31)9-7-20/h3-5,10-13,15,17,20,22,39H,6-9,14H2,1-2H3,(H,35,40)(H,32,34,36)/t17-,22-/m1/s1. The second-order valence-electron chi connectivity index (χ2n) is 10.4. The van der Waals surface area contributed by atoms with Crippen molar-refractivity contribution in [2.45, 2.75) is 63.6 Å². The molecule has 1 amide bonds. The van der Waals surface area contributed by atoms with Gasteiger partial charge in [0.1, 0.15) is 17.9 Å². The second kappa shape index (κ2) is 11.5. The molecule has 0 unspecified atom stereocenters. The topological polar surface area (TPSA) is 126 Å². The number of carbonyl (C=O) groups is 1. The number of carbonyl (C=O) groups excluding carboxylic acids is 1. The number of nitrogens with one attached hydrogen (secondary N) is 2. The third kappa shape index (κ3) is 6.23. The second-order valence-corrected chi connectivity index (χ2v) is 10.8. The number of anilines is 1. The molecule has 1 aliphatic carbocycles. The number of hydrogen-bond acceptors (Lipinski definition) is 7. The Labute approximate surface area is 239 Å². The normalized spacial score (nSPS) is 16.8. The summed E-state index contributed by atoms with van der Waals surface area (Å²) in [6.07, 6.45) is 4.47. The summed E-state index contributed by atoms with van der Waals surface area (Å²) in [5, 5.41) is 20.3. The molecule has 216 valence electrons. The van der Waals surface area contributed by atoms with E-state index in [-0.39, 0.29) is 42.0 Å². The third-order valence-electron chi connectivity index (χ3n) is 7.36. The zero-order valence-electron chi connectivity index (χ0n) is 22.5. The van der Waals surface area contributed by atoms with E-state index in [4.69, 9.17) is 11.6 Å². The molecular weight excluding hydrogens is 556 g/mol. The van der Waals surface area contributed by atoms with Gasteiger partial charge in [-0.05, 0) is 38.3 Å². The Morgan fingerprint density at radius 1 is 1.27 bits per heavy atom. The molecule has 1 saturated carbocycles. The molecule has 0 spiro atoms. The van der Waals surface area contributed by atoms with Crippen LogP contribution >= 0.6 is 11.6 Å². The number of aryl methyl sites for hydroxylation is 1. The molecule has 0 radical (unpaired) electrons. The van der Waals surface area contributed by atoms with E-state index in [2.05, 4.69) is 25.7 Å². The van der Waals surface area contributed by atoms with Gasteiger partial charge in [0.2, 0.25) is 17.8 Å². The molecule has 10 nitrogen and oxygen atoms in total. The maximum absolute atomic E-state index is 13.5. The van der Waals surface area contributed by atoms with Gasteiger partial charge in [-0.2, -0.15) is 5.10 Å². The summed E-state index contributed by atoms with van der Waals surface area (Å²) in [5.74, 6) is -2.85. The lowest BCUT2D eigenvalue weighted by atomic mass is 9.92. The third-order valence-corrected chi connectivity index (χ3v) is 7.64. The predicted molar refractivity (Wildman–Crippen MR) is 150 cm³/mol. The van der Waals surface area contributed by atoms with Gasteiger partial charge in [-0.3, -0.25) is 14.2 Å². The first kappa shape index (κ1) is 28.6. The number of benzene rings is 1. The highest BCUT2D eigenvalue weighted by molar-refractivity contribution is 6.32. The van der Waals surface area contributed by atoms with Crippen LogP contribution in [0.5, 0.6) is 0 Å². The lowest BCUT2D eigenvalue weighted by Gasteiger charge is -2.28. The molecule has 0 saturated heterocycles. The Morgan fingerprint density at radius 2 is 2.02 bits per heavy atom. The van der Waals surface area contributed by atoms with Gasteiger partial charge in [-0.15, -0.1) is 0 Å². The van der Waals surface area contributed by atoms with Crippen LogP contribution in [0.25, 0.3) is 16.8 Å². The number of amides is 1. The monoisotopic (exact) mass is 585 g/mol. The van der Waals surface area contributed by atoms with Crippen LogP contribution in [0.15, 0.2) is 53.8 Å². The van der Waals surface area contributed by atoms with E-state index in [0.29, 0.717) is 24.1 Å². The molecule has 2 atom stereocenters. The number of aliphatic hydroxyl groups excluding tert-OH is 1. The first-order valence-corrected chi connectivity index (χ1v) is 13.7. The summed E-state index contributed by atoms with van der Waals surface area (Å²) in [5.41, 5.74) is 2.31. The van der Waals surface area contributed by atoms with E-state index < -0.39 is 29.5 Å². The Hall–Kier alpha value is -3.90. The van der Waals surface area contributed by atoms with Crippen molar-refractivity contribution in [3.63, 3.8) is 0 Å². The molecule has 0 bridgehead atoms. The van der Waals surface area contributed by atoms with Gasteiger partial charge in [0.25, 0.3) is 5.56 Å². The fraction of sp³-hybridized carbons (Fsp3) is 0.393. The average Bonchev–Trinajstić information content (AvgIpc) is 3.39. The van der Waals surface area contributed by atoms with E-state index in [1.807, 2.05) is 31.2 Å². The summed E-state index contributed by atoms with van der Waals surface area (Å²) >= 11 is 6.39. The minimum absolute atomic E-state index is 0.186. The first-order valence-electron chi connectivity index (χ1n) is 13.3. The SMILES string of the molecule is Cc1cccc([C@@H](CO)NC(=O)[C@@H](C)n2cnn3cc(-c4nc(NC5CCC(F)(F)CC5)ncc4Cl)cc3c2=O)c1. The number of fused-ring (bicyclic) bond motifs is 1. The molecule has 41 heavy (non-hydrogen) atoms. The molecule has 5 rings (SSSR count). The predicted octanol–water partition coefficient (Wildman–Crippen LogP) is 4.32.